The van der Waals surface area contributed by atoms with Crippen molar-refractivity contribution < 1.29 is 13.2 Å². The second-order valence-electron chi connectivity index (χ2n) is 8.46. The number of hydrogen-bond acceptors (Lipinski definition) is 4. The maximum absolute atomic E-state index is 13.4. The first-order valence-electron chi connectivity index (χ1n) is 11.5. The lowest BCUT2D eigenvalue weighted by atomic mass is 10.0. The van der Waals surface area contributed by atoms with E-state index >= 15 is 0 Å². The van der Waals surface area contributed by atoms with Crippen molar-refractivity contribution in [3.63, 3.8) is 0 Å². The standard InChI is InChI=1S/C28H25N3O3S/c32-28(30-27(22-10-2-1-3-11-22)26-15-6-7-17-29-26)23-13-8-14-25(19-23)35(33,34)31-18-16-21-9-4-5-12-24(21)20-31/h1-15,17,19,27H,16,18,20H2,(H,30,32)/t27-/m1/s1. The highest BCUT2D eigenvalue weighted by Crippen LogP contribution is 2.26. The number of rotatable bonds is 6. The minimum atomic E-state index is -3.75. The summed E-state index contributed by atoms with van der Waals surface area (Å²) in [5.74, 6) is -0.370. The number of carbonyl (C=O) groups is 1. The zero-order valence-corrected chi connectivity index (χ0v) is 19.9. The van der Waals surface area contributed by atoms with Gasteiger partial charge in [0, 0.05) is 24.8 Å². The van der Waals surface area contributed by atoms with Crippen molar-refractivity contribution in [3.05, 3.63) is 131 Å². The Morgan fingerprint density at radius 3 is 2.37 bits per heavy atom. The number of fused-ring (bicyclic) bond motifs is 1. The van der Waals surface area contributed by atoms with Crippen molar-refractivity contribution in [1.29, 1.82) is 0 Å². The van der Waals surface area contributed by atoms with Gasteiger partial charge in [0.1, 0.15) is 0 Å². The van der Waals surface area contributed by atoms with Crippen LogP contribution in [0.3, 0.4) is 0 Å². The molecule has 0 radical (unpaired) electrons. The summed E-state index contributed by atoms with van der Waals surface area (Å²) in [6.45, 7) is 0.732. The van der Waals surface area contributed by atoms with E-state index in [4.69, 9.17) is 0 Å². The number of benzene rings is 3. The predicted octanol–water partition coefficient (Wildman–Crippen LogP) is 4.35. The van der Waals surface area contributed by atoms with Gasteiger partial charge in [-0.2, -0.15) is 4.31 Å². The van der Waals surface area contributed by atoms with Crippen molar-refractivity contribution in [2.75, 3.05) is 6.54 Å². The lowest BCUT2D eigenvalue weighted by Gasteiger charge is -2.28. The fraction of sp³-hybridized carbons (Fsp3) is 0.143. The molecule has 3 aromatic carbocycles. The van der Waals surface area contributed by atoms with Crippen molar-refractivity contribution in [2.45, 2.75) is 23.9 Å². The van der Waals surface area contributed by atoms with Gasteiger partial charge in [-0.3, -0.25) is 9.78 Å². The lowest BCUT2D eigenvalue weighted by Crippen LogP contribution is -2.36. The molecule has 1 atom stereocenters. The first kappa shape index (κ1) is 23.0. The Kier molecular flexibility index (Phi) is 6.44. The van der Waals surface area contributed by atoms with Crippen LogP contribution < -0.4 is 5.32 Å². The number of nitrogens with zero attached hydrogens (tertiary/aromatic N) is 2. The smallest absolute Gasteiger partial charge is 0.252 e. The molecule has 0 fully saturated rings. The fourth-order valence-electron chi connectivity index (χ4n) is 4.36. The predicted molar refractivity (Wildman–Crippen MR) is 134 cm³/mol. The second kappa shape index (κ2) is 9.82. The summed E-state index contributed by atoms with van der Waals surface area (Å²) in [4.78, 5) is 17.8. The molecular formula is C28H25N3O3S. The van der Waals surface area contributed by atoms with E-state index in [-0.39, 0.29) is 16.4 Å². The number of hydrogen-bond donors (Lipinski definition) is 1. The van der Waals surface area contributed by atoms with Gasteiger partial charge < -0.3 is 5.32 Å². The lowest BCUT2D eigenvalue weighted by molar-refractivity contribution is 0.0942. The second-order valence-corrected chi connectivity index (χ2v) is 10.4. The molecular weight excluding hydrogens is 458 g/mol. The number of sulfonamides is 1. The molecule has 1 aromatic heterocycles. The molecule has 0 saturated heterocycles. The van der Waals surface area contributed by atoms with Crippen LogP contribution >= 0.6 is 0 Å². The Bertz CT molecular complexity index is 1400. The first-order chi connectivity index (χ1) is 17.0. The molecule has 0 bridgehead atoms. The summed E-state index contributed by atoms with van der Waals surface area (Å²) in [5, 5.41) is 3.03. The van der Waals surface area contributed by atoms with Crippen molar-refractivity contribution >= 4 is 15.9 Å². The molecule has 1 aliphatic rings. The number of pyridine rings is 1. The number of carbonyl (C=O) groups excluding carboxylic acids is 1. The van der Waals surface area contributed by atoms with Crippen LogP contribution in [-0.4, -0.2) is 30.2 Å². The van der Waals surface area contributed by atoms with E-state index in [1.54, 1.807) is 24.4 Å². The quantitative estimate of drug-likeness (QED) is 0.442. The van der Waals surface area contributed by atoms with E-state index in [0.29, 0.717) is 25.2 Å². The van der Waals surface area contributed by atoms with Crippen LogP contribution in [0.15, 0.2) is 108 Å². The first-order valence-corrected chi connectivity index (χ1v) is 12.9. The van der Waals surface area contributed by atoms with Crippen LogP contribution in [-0.2, 0) is 23.0 Å². The average Bonchev–Trinajstić information content (AvgIpc) is 2.92. The molecule has 4 aromatic rings. The van der Waals surface area contributed by atoms with Crippen LogP contribution in [0.2, 0.25) is 0 Å². The largest absolute Gasteiger partial charge is 0.340 e. The van der Waals surface area contributed by atoms with E-state index in [2.05, 4.69) is 10.3 Å². The molecule has 6 nitrogen and oxygen atoms in total. The van der Waals surface area contributed by atoms with Crippen LogP contribution in [0.5, 0.6) is 0 Å². The minimum absolute atomic E-state index is 0.110. The number of amides is 1. The Balaban J connectivity index is 1.40. The van der Waals surface area contributed by atoms with Gasteiger partial charge >= 0.3 is 0 Å². The molecule has 0 unspecified atom stereocenters. The topological polar surface area (TPSA) is 79.4 Å². The molecule has 7 heteroatoms. The van der Waals surface area contributed by atoms with Gasteiger partial charge in [-0.05, 0) is 53.4 Å². The Hall–Kier alpha value is -3.81. The van der Waals surface area contributed by atoms with E-state index in [1.165, 1.54) is 15.9 Å². The van der Waals surface area contributed by atoms with E-state index in [0.717, 1.165) is 11.1 Å². The summed E-state index contributed by atoms with van der Waals surface area (Å²) in [7, 11) is -3.75. The molecule has 0 aliphatic carbocycles. The molecule has 1 N–H and O–H groups in total. The molecule has 0 saturated carbocycles. The van der Waals surface area contributed by atoms with E-state index < -0.39 is 16.1 Å². The van der Waals surface area contributed by atoms with Gasteiger partial charge in [0.05, 0.1) is 16.6 Å². The number of nitrogens with one attached hydrogen (secondary N) is 1. The zero-order valence-electron chi connectivity index (χ0n) is 19.0. The van der Waals surface area contributed by atoms with Gasteiger partial charge in [0.15, 0.2) is 0 Å². The molecule has 35 heavy (non-hydrogen) atoms. The van der Waals surface area contributed by atoms with Crippen molar-refractivity contribution in [2.24, 2.45) is 0 Å². The third-order valence-electron chi connectivity index (χ3n) is 6.22. The van der Waals surface area contributed by atoms with Gasteiger partial charge in [-0.15, -0.1) is 0 Å². The third-order valence-corrected chi connectivity index (χ3v) is 8.06. The van der Waals surface area contributed by atoms with Crippen molar-refractivity contribution in [3.8, 4) is 0 Å². The normalized spacial score (nSPS) is 14.6. The summed E-state index contributed by atoms with van der Waals surface area (Å²) in [6, 6.07) is 28.8. The highest BCUT2D eigenvalue weighted by Gasteiger charge is 2.29. The average molecular weight is 484 g/mol. The highest BCUT2D eigenvalue weighted by atomic mass is 32.2. The van der Waals surface area contributed by atoms with Gasteiger partial charge in [-0.25, -0.2) is 8.42 Å². The van der Waals surface area contributed by atoms with E-state index in [9.17, 15) is 13.2 Å². The third kappa shape index (κ3) is 4.87. The summed E-state index contributed by atoms with van der Waals surface area (Å²) in [6.07, 6.45) is 2.35. The van der Waals surface area contributed by atoms with E-state index in [1.807, 2.05) is 72.8 Å². The van der Waals surface area contributed by atoms with Gasteiger partial charge in [-0.1, -0.05) is 66.7 Å². The molecule has 0 spiro atoms. The minimum Gasteiger partial charge on any atom is -0.340 e. The molecule has 1 amide bonds. The fourth-order valence-corrected chi connectivity index (χ4v) is 5.82. The molecule has 5 rings (SSSR count). The summed E-state index contributed by atoms with van der Waals surface area (Å²) < 4.78 is 28.3. The van der Waals surface area contributed by atoms with Gasteiger partial charge in [0.2, 0.25) is 10.0 Å². The maximum atomic E-state index is 13.4. The van der Waals surface area contributed by atoms with Gasteiger partial charge in [0.25, 0.3) is 5.91 Å². The zero-order chi connectivity index (χ0) is 24.3. The highest BCUT2D eigenvalue weighted by molar-refractivity contribution is 7.89. The van der Waals surface area contributed by atoms with Crippen LogP contribution in [0.4, 0.5) is 0 Å². The maximum Gasteiger partial charge on any atom is 0.252 e. The Labute approximate surface area is 205 Å². The number of aromatic nitrogens is 1. The van der Waals surface area contributed by atoms with Crippen LogP contribution in [0.1, 0.15) is 38.8 Å². The Morgan fingerprint density at radius 1 is 0.857 bits per heavy atom. The summed E-state index contributed by atoms with van der Waals surface area (Å²) >= 11 is 0. The SMILES string of the molecule is O=C(N[C@H](c1ccccc1)c1ccccn1)c1cccc(S(=O)(=O)N2CCc3ccccc3C2)c1. The monoisotopic (exact) mass is 483 g/mol. The van der Waals surface area contributed by atoms with Crippen LogP contribution in [0.25, 0.3) is 0 Å². The van der Waals surface area contributed by atoms with Crippen molar-refractivity contribution in [1.82, 2.24) is 14.6 Å². The molecule has 1 aliphatic heterocycles. The van der Waals surface area contributed by atoms with Crippen LogP contribution in [0, 0.1) is 0 Å². The molecule has 176 valence electrons. The molecule has 2 heterocycles. The Morgan fingerprint density at radius 2 is 1.60 bits per heavy atom. The summed E-state index contributed by atoms with van der Waals surface area (Å²) in [5.41, 5.74) is 4.05.